The van der Waals surface area contributed by atoms with Gasteiger partial charge in [0, 0.05) is 22.8 Å². The molecule has 3 rings (SSSR count). The van der Waals surface area contributed by atoms with Crippen LogP contribution in [-0.4, -0.2) is 35.7 Å². The average molecular weight is 401 g/mol. The molecule has 0 saturated carbocycles. The zero-order valence-corrected chi connectivity index (χ0v) is 16.8. The molecule has 1 aliphatic heterocycles. The molecule has 1 aliphatic rings. The lowest BCUT2D eigenvalue weighted by atomic mass is 10.1. The van der Waals surface area contributed by atoms with E-state index in [1.54, 1.807) is 41.7 Å². The molecule has 0 aliphatic carbocycles. The molecule has 1 N–H and O–H groups in total. The van der Waals surface area contributed by atoms with Crippen molar-refractivity contribution in [2.45, 2.75) is 12.7 Å². The highest BCUT2D eigenvalue weighted by Crippen LogP contribution is 2.27. The Hall–Kier alpha value is -2.25. The topological polar surface area (TPSA) is 67.8 Å². The normalized spacial score (nSPS) is 13.2. The van der Waals surface area contributed by atoms with Gasteiger partial charge >= 0.3 is 5.97 Å². The van der Waals surface area contributed by atoms with Crippen LogP contribution in [0.3, 0.4) is 0 Å². The van der Waals surface area contributed by atoms with Gasteiger partial charge in [-0.2, -0.15) is 0 Å². The van der Waals surface area contributed by atoms with Gasteiger partial charge in [0.2, 0.25) is 0 Å². The third-order valence-electron chi connectivity index (χ3n) is 4.08. The summed E-state index contributed by atoms with van der Waals surface area (Å²) in [7, 11) is 1.33. The molecule has 0 unspecified atom stereocenters. The summed E-state index contributed by atoms with van der Waals surface area (Å²) in [5.74, 6) is 1.09. The van der Waals surface area contributed by atoms with Gasteiger partial charge < -0.3 is 10.1 Å². The monoisotopic (exact) mass is 400 g/mol. The smallest absolute Gasteiger partial charge is 0.337 e. The van der Waals surface area contributed by atoms with Crippen LogP contribution < -0.4 is 5.32 Å². The van der Waals surface area contributed by atoms with Crippen LogP contribution in [0.1, 0.15) is 31.8 Å². The number of ether oxygens (including phenoxy) is 1. The van der Waals surface area contributed by atoms with Crippen LogP contribution >= 0.6 is 23.5 Å². The van der Waals surface area contributed by atoms with Crippen molar-refractivity contribution in [2.24, 2.45) is 4.99 Å². The fourth-order valence-electron chi connectivity index (χ4n) is 2.60. The Balaban J connectivity index is 1.77. The Morgan fingerprint density at radius 3 is 2.81 bits per heavy atom. The third-order valence-corrected chi connectivity index (χ3v) is 6.38. The number of benzene rings is 2. The van der Waals surface area contributed by atoms with Crippen LogP contribution in [0.25, 0.3) is 0 Å². The first-order chi connectivity index (χ1) is 13.1. The van der Waals surface area contributed by atoms with E-state index in [0.717, 1.165) is 27.8 Å². The first kappa shape index (κ1) is 19.5. The van der Waals surface area contributed by atoms with Crippen LogP contribution in [0.4, 0.5) is 5.69 Å². The lowest BCUT2D eigenvalue weighted by Gasteiger charge is -2.12. The third kappa shape index (κ3) is 4.93. The highest BCUT2D eigenvalue weighted by Gasteiger charge is 2.15. The molecule has 0 saturated heterocycles. The molecule has 5 nitrogen and oxygen atoms in total. The number of aliphatic imine (C=N–C) groups is 1. The number of thioether (sulfide) groups is 2. The van der Waals surface area contributed by atoms with Gasteiger partial charge in [0.25, 0.3) is 5.91 Å². The largest absolute Gasteiger partial charge is 0.465 e. The Bertz CT molecular complexity index is 897. The Labute approximate surface area is 167 Å². The van der Waals surface area contributed by atoms with E-state index in [9.17, 15) is 9.59 Å². The number of anilines is 1. The lowest BCUT2D eigenvalue weighted by Crippen LogP contribution is -2.15. The summed E-state index contributed by atoms with van der Waals surface area (Å²) in [4.78, 5) is 29.0. The molecular weight excluding hydrogens is 380 g/mol. The summed E-state index contributed by atoms with van der Waals surface area (Å²) in [5.41, 5.74) is 3.45. The highest BCUT2D eigenvalue weighted by atomic mass is 32.2. The van der Waals surface area contributed by atoms with Gasteiger partial charge in [0.1, 0.15) is 4.38 Å². The van der Waals surface area contributed by atoms with E-state index in [4.69, 9.17) is 4.74 Å². The molecule has 2 aromatic rings. The minimum absolute atomic E-state index is 0.197. The zero-order valence-electron chi connectivity index (χ0n) is 15.2. The Kier molecular flexibility index (Phi) is 6.58. The second-order valence-electron chi connectivity index (χ2n) is 5.92. The summed E-state index contributed by atoms with van der Waals surface area (Å²) >= 11 is 3.41. The van der Waals surface area contributed by atoms with E-state index in [0.29, 0.717) is 22.6 Å². The summed E-state index contributed by atoms with van der Waals surface area (Å²) in [6, 6.07) is 12.7. The maximum Gasteiger partial charge on any atom is 0.337 e. The molecule has 0 aromatic heterocycles. The minimum atomic E-state index is -0.433. The molecule has 0 atom stereocenters. The fraction of sp³-hybridized carbons (Fsp3) is 0.250. The SMILES string of the molecule is COC(=O)c1ccc(C)c(NC(=O)c2ccccc2CSC2=NCCS2)c1. The first-order valence-corrected chi connectivity index (χ1v) is 10.4. The molecule has 0 radical (unpaired) electrons. The molecule has 0 fully saturated rings. The number of rotatable bonds is 5. The van der Waals surface area contributed by atoms with Crippen molar-refractivity contribution in [3.05, 3.63) is 64.7 Å². The number of carbonyl (C=O) groups excluding carboxylic acids is 2. The van der Waals surface area contributed by atoms with Gasteiger partial charge in [-0.25, -0.2) is 4.79 Å². The van der Waals surface area contributed by atoms with Gasteiger partial charge in [-0.05, 0) is 36.2 Å². The van der Waals surface area contributed by atoms with Crippen LogP contribution in [-0.2, 0) is 10.5 Å². The van der Waals surface area contributed by atoms with Crippen LogP contribution in [0.15, 0.2) is 47.5 Å². The highest BCUT2D eigenvalue weighted by molar-refractivity contribution is 8.38. The molecular formula is C20H20N2O3S2. The van der Waals surface area contributed by atoms with Gasteiger partial charge in [0.15, 0.2) is 0 Å². The lowest BCUT2D eigenvalue weighted by molar-refractivity contribution is 0.0600. The Morgan fingerprint density at radius 2 is 2.07 bits per heavy atom. The van der Waals surface area contributed by atoms with Crippen molar-refractivity contribution in [1.29, 1.82) is 0 Å². The molecule has 1 amide bonds. The average Bonchev–Trinajstić information content (AvgIpc) is 3.21. The zero-order chi connectivity index (χ0) is 19.2. The summed E-state index contributed by atoms with van der Waals surface area (Å²) in [6.07, 6.45) is 0. The summed E-state index contributed by atoms with van der Waals surface area (Å²) in [6.45, 7) is 2.75. The molecule has 0 bridgehead atoms. The van der Waals surface area contributed by atoms with Crippen molar-refractivity contribution in [3.63, 3.8) is 0 Å². The van der Waals surface area contributed by atoms with Crippen molar-refractivity contribution in [1.82, 2.24) is 0 Å². The maximum absolute atomic E-state index is 12.9. The van der Waals surface area contributed by atoms with Crippen molar-refractivity contribution in [2.75, 3.05) is 24.7 Å². The molecule has 140 valence electrons. The van der Waals surface area contributed by atoms with Gasteiger partial charge in [-0.3, -0.25) is 9.79 Å². The summed E-state index contributed by atoms with van der Waals surface area (Å²) < 4.78 is 5.83. The number of aryl methyl sites for hydroxylation is 1. The number of esters is 1. The number of nitrogens with one attached hydrogen (secondary N) is 1. The van der Waals surface area contributed by atoms with Gasteiger partial charge in [0.05, 0.1) is 19.2 Å². The molecule has 27 heavy (non-hydrogen) atoms. The number of methoxy groups -OCH3 is 1. The van der Waals surface area contributed by atoms with Crippen molar-refractivity contribution < 1.29 is 14.3 Å². The predicted molar refractivity (Wildman–Crippen MR) is 113 cm³/mol. The number of nitrogens with zero attached hydrogens (tertiary/aromatic N) is 1. The Morgan fingerprint density at radius 1 is 1.26 bits per heavy atom. The molecule has 1 heterocycles. The number of hydrogen-bond acceptors (Lipinski definition) is 6. The molecule has 7 heteroatoms. The molecule has 0 spiro atoms. The number of carbonyl (C=O) groups is 2. The van der Waals surface area contributed by atoms with Gasteiger partial charge in [-0.1, -0.05) is 47.8 Å². The van der Waals surface area contributed by atoms with E-state index in [-0.39, 0.29) is 5.91 Å². The van der Waals surface area contributed by atoms with Crippen molar-refractivity contribution in [3.8, 4) is 0 Å². The van der Waals surface area contributed by atoms with E-state index >= 15 is 0 Å². The minimum Gasteiger partial charge on any atom is -0.465 e. The maximum atomic E-state index is 12.9. The van der Waals surface area contributed by atoms with Crippen LogP contribution in [0, 0.1) is 6.92 Å². The van der Waals surface area contributed by atoms with E-state index < -0.39 is 5.97 Å². The van der Waals surface area contributed by atoms with E-state index in [1.165, 1.54) is 7.11 Å². The fourth-order valence-corrected chi connectivity index (χ4v) is 4.61. The summed E-state index contributed by atoms with van der Waals surface area (Å²) in [5, 5.41) is 2.92. The molecule has 2 aromatic carbocycles. The van der Waals surface area contributed by atoms with Crippen molar-refractivity contribution >= 4 is 45.5 Å². The first-order valence-electron chi connectivity index (χ1n) is 8.46. The standard InChI is InChI=1S/C20H20N2O3S2/c1-13-7-8-14(19(24)25-2)11-17(13)22-18(23)16-6-4-3-5-15(16)12-27-20-21-9-10-26-20/h3-8,11H,9-10,12H2,1-2H3,(H,22,23). The number of amides is 1. The van der Waals surface area contributed by atoms with E-state index in [1.807, 2.05) is 31.2 Å². The van der Waals surface area contributed by atoms with Gasteiger partial charge in [-0.15, -0.1) is 0 Å². The van der Waals surface area contributed by atoms with E-state index in [2.05, 4.69) is 10.3 Å². The predicted octanol–water partition coefficient (Wildman–Crippen LogP) is 4.37. The second kappa shape index (κ2) is 9.10. The number of hydrogen-bond donors (Lipinski definition) is 1. The van der Waals surface area contributed by atoms with Crippen LogP contribution in [0.5, 0.6) is 0 Å². The quantitative estimate of drug-likeness (QED) is 0.755. The van der Waals surface area contributed by atoms with Crippen LogP contribution in [0.2, 0.25) is 0 Å². The second-order valence-corrected chi connectivity index (χ2v) is 8.22.